The fraction of sp³-hybridized carbons (Fsp3) is 0.320. The number of para-hydroxylation sites is 1. The molecule has 0 N–H and O–H groups in total. The van der Waals surface area contributed by atoms with Gasteiger partial charge in [0.25, 0.3) is 5.91 Å². The van der Waals surface area contributed by atoms with Crippen LogP contribution in [-0.4, -0.2) is 47.0 Å². The summed E-state index contributed by atoms with van der Waals surface area (Å²) in [5, 5.41) is 12.9. The highest BCUT2D eigenvalue weighted by Gasteiger charge is 2.24. The number of piperazine rings is 1. The number of rotatable bonds is 6. The molecule has 2 aromatic carbocycles. The minimum atomic E-state index is -0.0163. The number of ether oxygens (including phenoxy) is 1. The van der Waals surface area contributed by atoms with Crippen LogP contribution < -0.4 is 4.74 Å². The number of carbonyl (C=O) groups excluding carboxylic acids is 1. The summed E-state index contributed by atoms with van der Waals surface area (Å²) in [6.45, 7) is 7.77. The van der Waals surface area contributed by atoms with Crippen molar-refractivity contribution in [2.75, 3.05) is 26.2 Å². The molecule has 0 aliphatic carbocycles. The normalized spacial score (nSPS) is 14.2. The molecule has 164 valence electrons. The van der Waals surface area contributed by atoms with E-state index in [0.717, 1.165) is 36.7 Å². The molecule has 7 nitrogen and oxygen atoms in total. The Kier molecular flexibility index (Phi) is 6.52. The summed E-state index contributed by atoms with van der Waals surface area (Å²) < 4.78 is 11.2. The smallest absolute Gasteiger partial charge is 0.257 e. The van der Waals surface area contributed by atoms with Crippen molar-refractivity contribution in [2.45, 2.75) is 27.0 Å². The summed E-state index contributed by atoms with van der Waals surface area (Å²) in [6, 6.07) is 17.2. The highest BCUT2D eigenvalue weighted by atomic mass is 16.5. The molecular formula is C25H26N4O3. The molecule has 1 amide bonds. The topological polar surface area (TPSA) is 82.6 Å². The van der Waals surface area contributed by atoms with E-state index in [-0.39, 0.29) is 5.91 Å². The van der Waals surface area contributed by atoms with E-state index in [4.69, 9.17) is 14.5 Å². The lowest BCUT2D eigenvalue weighted by Gasteiger charge is -2.35. The van der Waals surface area contributed by atoms with Gasteiger partial charge >= 0.3 is 0 Å². The Labute approximate surface area is 187 Å². The maximum Gasteiger partial charge on any atom is 0.257 e. The molecule has 0 spiro atoms. The SMILES string of the molecule is Cc1noc(C)c1COc1ccccc1C(=O)N1CCN(Cc2ccc(C#N)cc2)CC1. The first-order valence-corrected chi connectivity index (χ1v) is 10.7. The molecule has 1 aromatic heterocycles. The van der Waals surface area contributed by atoms with Crippen molar-refractivity contribution in [3.8, 4) is 11.8 Å². The predicted molar refractivity (Wildman–Crippen MR) is 119 cm³/mol. The predicted octanol–water partition coefficient (Wildman–Crippen LogP) is 3.70. The Balaban J connectivity index is 1.36. The van der Waals surface area contributed by atoms with Gasteiger partial charge < -0.3 is 14.2 Å². The maximum absolute atomic E-state index is 13.2. The molecule has 0 saturated carbocycles. The Morgan fingerprint density at radius 1 is 1.09 bits per heavy atom. The number of benzene rings is 2. The zero-order valence-corrected chi connectivity index (χ0v) is 18.4. The number of aryl methyl sites for hydroxylation is 2. The summed E-state index contributed by atoms with van der Waals surface area (Å²) in [5.74, 6) is 1.28. The van der Waals surface area contributed by atoms with E-state index in [1.165, 1.54) is 5.56 Å². The largest absolute Gasteiger partial charge is 0.488 e. The summed E-state index contributed by atoms with van der Waals surface area (Å²) in [4.78, 5) is 17.4. The molecule has 4 rings (SSSR count). The van der Waals surface area contributed by atoms with Gasteiger partial charge in [0.15, 0.2) is 0 Å². The molecule has 0 bridgehead atoms. The average Bonchev–Trinajstić information content (AvgIpc) is 3.15. The van der Waals surface area contributed by atoms with Gasteiger partial charge in [0.2, 0.25) is 0 Å². The molecule has 32 heavy (non-hydrogen) atoms. The molecule has 0 atom stereocenters. The Hall–Kier alpha value is -3.63. The summed E-state index contributed by atoms with van der Waals surface area (Å²) in [7, 11) is 0. The lowest BCUT2D eigenvalue weighted by atomic mass is 10.1. The number of amides is 1. The number of carbonyl (C=O) groups is 1. The molecule has 0 unspecified atom stereocenters. The first-order valence-electron chi connectivity index (χ1n) is 10.7. The van der Waals surface area contributed by atoms with Gasteiger partial charge in [-0.2, -0.15) is 5.26 Å². The van der Waals surface area contributed by atoms with Gasteiger partial charge in [-0.05, 0) is 43.7 Å². The van der Waals surface area contributed by atoms with Gasteiger partial charge in [0.05, 0.1) is 28.5 Å². The minimum absolute atomic E-state index is 0.0163. The highest BCUT2D eigenvalue weighted by molar-refractivity contribution is 5.97. The molecule has 1 fully saturated rings. The van der Waals surface area contributed by atoms with Crippen molar-refractivity contribution in [3.05, 3.63) is 82.2 Å². The zero-order valence-electron chi connectivity index (χ0n) is 18.4. The van der Waals surface area contributed by atoms with Crippen LogP contribution in [0.1, 0.15) is 38.5 Å². The summed E-state index contributed by atoms with van der Waals surface area (Å²) in [5.41, 5.74) is 4.11. The number of hydrogen-bond donors (Lipinski definition) is 0. The lowest BCUT2D eigenvalue weighted by molar-refractivity contribution is 0.0624. The van der Waals surface area contributed by atoms with Gasteiger partial charge in [-0.3, -0.25) is 9.69 Å². The van der Waals surface area contributed by atoms with E-state index in [1.807, 2.05) is 67.3 Å². The van der Waals surface area contributed by atoms with Crippen molar-refractivity contribution in [1.29, 1.82) is 5.26 Å². The first kappa shape index (κ1) is 21.6. The molecule has 3 aromatic rings. The van der Waals surface area contributed by atoms with Gasteiger partial charge in [0.1, 0.15) is 18.1 Å². The Morgan fingerprint density at radius 3 is 2.47 bits per heavy atom. The van der Waals surface area contributed by atoms with Crippen molar-refractivity contribution in [1.82, 2.24) is 15.0 Å². The molecule has 1 aliphatic rings. The Morgan fingerprint density at radius 2 is 1.81 bits per heavy atom. The summed E-state index contributed by atoms with van der Waals surface area (Å²) in [6.07, 6.45) is 0. The van der Waals surface area contributed by atoms with Crippen LogP contribution in [0.15, 0.2) is 53.1 Å². The number of nitriles is 1. The molecule has 1 saturated heterocycles. The van der Waals surface area contributed by atoms with E-state index in [9.17, 15) is 4.79 Å². The van der Waals surface area contributed by atoms with Gasteiger partial charge in [0, 0.05) is 32.7 Å². The second-order valence-electron chi connectivity index (χ2n) is 7.96. The molecule has 1 aliphatic heterocycles. The van der Waals surface area contributed by atoms with Crippen LogP contribution in [0.2, 0.25) is 0 Å². The van der Waals surface area contributed by atoms with Crippen LogP contribution in [0.3, 0.4) is 0 Å². The van der Waals surface area contributed by atoms with E-state index < -0.39 is 0 Å². The second kappa shape index (κ2) is 9.67. The maximum atomic E-state index is 13.2. The molecule has 0 radical (unpaired) electrons. The number of hydrogen-bond acceptors (Lipinski definition) is 6. The van der Waals surface area contributed by atoms with E-state index in [1.54, 1.807) is 0 Å². The second-order valence-corrected chi connectivity index (χ2v) is 7.96. The number of aromatic nitrogens is 1. The monoisotopic (exact) mass is 430 g/mol. The molecule has 2 heterocycles. The summed E-state index contributed by atoms with van der Waals surface area (Å²) >= 11 is 0. The first-order chi connectivity index (χ1) is 15.5. The van der Waals surface area contributed by atoms with Crippen LogP contribution in [0.5, 0.6) is 5.75 Å². The quantitative estimate of drug-likeness (QED) is 0.593. The van der Waals surface area contributed by atoms with Gasteiger partial charge in [-0.1, -0.05) is 29.4 Å². The van der Waals surface area contributed by atoms with E-state index in [2.05, 4.69) is 16.1 Å². The van der Waals surface area contributed by atoms with Crippen LogP contribution in [-0.2, 0) is 13.2 Å². The van der Waals surface area contributed by atoms with E-state index >= 15 is 0 Å². The fourth-order valence-electron chi connectivity index (χ4n) is 3.85. The van der Waals surface area contributed by atoms with Crippen molar-refractivity contribution >= 4 is 5.91 Å². The van der Waals surface area contributed by atoms with Crippen LogP contribution >= 0.6 is 0 Å². The molecule has 7 heteroatoms. The standard InChI is InChI=1S/C25H26N4O3/c1-18-23(19(2)32-27-18)17-31-24-6-4-3-5-22(24)25(30)29-13-11-28(12-14-29)16-21-9-7-20(15-26)8-10-21/h3-10H,11-14,16-17H2,1-2H3. The third kappa shape index (κ3) is 4.82. The van der Waals surface area contributed by atoms with Crippen molar-refractivity contribution in [3.63, 3.8) is 0 Å². The third-order valence-electron chi connectivity index (χ3n) is 5.82. The lowest BCUT2D eigenvalue weighted by Crippen LogP contribution is -2.48. The molecular weight excluding hydrogens is 404 g/mol. The van der Waals surface area contributed by atoms with Crippen molar-refractivity contribution in [2.24, 2.45) is 0 Å². The van der Waals surface area contributed by atoms with Gasteiger partial charge in [-0.15, -0.1) is 0 Å². The fourth-order valence-corrected chi connectivity index (χ4v) is 3.85. The van der Waals surface area contributed by atoms with Gasteiger partial charge in [-0.25, -0.2) is 0 Å². The highest BCUT2D eigenvalue weighted by Crippen LogP contribution is 2.23. The van der Waals surface area contributed by atoms with E-state index in [0.29, 0.717) is 36.6 Å². The Bertz CT molecular complexity index is 1100. The van der Waals surface area contributed by atoms with Crippen molar-refractivity contribution < 1.29 is 14.1 Å². The van der Waals surface area contributed by atoms with Crippen LogP contribution in [0, 0.1) is 25.2 Å². The third-order valence-corrected chi connectivity index (χ3v) is 5.82. The van der Waals surface area contributed by atoms with Crippen LogP contribution in [0.25, 0.3) is 0 Å². The zero-order chi connectivity index (χ0) is 22.5. The number of nitrogens with zero attached hydrogens (tertiary/aromatic N) is 4. The average molecular weight is 431 g/mol. The van der Waals surface area contributed by atoms with Crippen LogP contribution in [0.4, 0.5) is 0 Å². The minimum Gasteiger partial charge on any atom is -0.488 e.